The van der Waals surface area contributed by atoms with E-state index < -0.39 is 0 Å². The van der Waals surface area contributed by atoms with E-state index in [0.717, 1.165) is 24.9 Å². The third-order valence-electron chi connectivity index (χ3n) is 5.36. The van der Waals surface area contributed by atoms with Gasteiger partial charge in [0, 0.05) is 18.6 Å². The Hall–Kier alpha value is -0.120. The summed E-state index contributed by atoms with van der Waals surface area (Å²) >= 11 is 0. The van der Waals surface area contributed by atoms with Crippen LogP contribution in [0.3, 0.4) is 0 Å². The lowest BCUT2D eigenvalue weighted by Gasteiger charge is -2.41. The van der Waals surface area contributed by atoms with Crippen molar-refractivity contribution in [3.8, 4) is 0 Å². The van der Waals surface area contributed by atoms with Gasteiger partial charge < -0.3 is 10.8 Å². The molecule has 0 spiro atoms. The molecule has 0 aromatic carbocycles. The maximum Gasteiger partial charge on any atom is 0.0589 e. The molecule has 106 valence electrons. The molecule has 0 aromatic heterocycles. The first-order valence-electron chi connectivity index (χ1n) is 7.63. The van der Waals surface area contributed by atoms with Gasteiger partial charge in [-0.1, -0.05) is 20.8 Å². The number of aliphatic hydroxyl groups is 1. The van der Waals surface area contributed by atoms with Crippen LogP contribution in [0.15, 0.2) is 0 Å². The van der Waals surface area contributed by atoms with Crippen LogP contribution in [-0.2, 0) is 0 Å². The van der Waals surface area contributed by atoms with Gasteiger partial charge >= 0.3 is 0 Å². The Morgan fingerprint density at radius 3 is 2.50 bits per heavy atom. The van der Waals surface area contributed by atoms with E-state index in [9.17, 15) is 5.11 Å². The van der Waals surface area contributed by atoms with E-state index in [1.165, 1.54) is 19.3 Å². The van der Waals surface area contributed by atoms with Crippen molar-refractivity contribution < 1.29 is 5.11 Å². The van der Waals surface area contributed by atoms with Crippen molar-refractivity contribution in [2.75, 3.05) is 19.7 Å². The number of nitrogens with zero attached hydrogens (tertiary/aromatic N) is 1. The fraction of sp³-hybridized carbons (Fsp3) is 1.00. The summed E-state index contributed by atoms with van der Waals surface area (Å²) < 4.78 is 0. The molecule has 0 amide bonds. The van der Waals surface area contributed by atoms with Gasteiger partial charge in [0.1, 0.15) is 0 Å². The monoisotopic (exact) mass is 254 g/mol. The number of likely N-dealkylation sites (tertiary alicyclic amines) is 1. The highest BCUT2D eigenvalue weighted by molar-refractivity contribution is 4.91. The van der Waals surface area contributed by atoms with Crippen molar-refractivity contribution in [1.29, 1.82) is 0 Å². The van der Waals surface area contributed by atoms with Crippen molar-refractivity contribution in [3.63, 3.8) is 0 Å². The van der Waals surface area contributed by atoms with Crippen molar-refractivity contribution >= 4 is 0 Å². The zero-order valence-corrected chi connectivity index (χ0v) is 12.2. The van der Waals surface area contributed by atoms with Gasteiger partial charge in [-0.25, -0.2) is 0 Å². The standard InChI is InChI=1S/C15H30N2O/c1-10-6-12(3)13(14(16)7-10)8-17-5-4-11(2)15(17)9-18/h10-15,18H,4-9,16H2,1-3H3. The summed E-state index contributed by atoms with van der Waals surface area (Å²) in [6.07, 6.45) is 3.70. The second kappa shape index (κ2) is 5.89. The van der Waals surface area contributed by atoms with E-state index in [1.54, 1.807) is 0 Å². The van der Waals surface area contributed by atoms with Crippen LogP contribution in [0.4, 0.5) is 0 Å². The predicted molar refractivity (Wildman–Crippen MR) is 75.3 cm³/mol. The normalized spacial score (nSPS) is 46.5. The Labute approximate surface area is 112 Å². The van der Waals surface area contributed by atoms with Gasteiger partial charge in [-0.3, -0.25) is 4.90 Å². The van der Waals surface area contributed by atoms with Crippen LogP contribution < -0.4 is 5.73 Å². The molecule has 1 saturated carbocycles. The molecule has 0 bridgehead atoms. The Morgan fingerprint density at radius 1 is 1.17 bits per heavy atom. The topological polar surface area (TPSA) is 49.5 Å². The third-order valence-corrected chi connectivity index (χ3v) is 5.36. The van der Waals surface area contributed by atoms with Gasteiger partial charge in [0.15, 0.2) is 0 Å². The second-order valence-electron chi connectivity index (χ2n) is 6.89. The second-order valence-corrected chi connectivity index (χ2v) is 6.89. The minimum absolute atomic E-state index is 0.300. The fourth-order valence-electron chi connectivity index (χ4n) is 4.16. The third kappa shape index (κ3) is 2.89. The Bertz CT molecular complexity index is 259. The highest BCUT2D eigenvalue weighted by Crippen LogP contribution is 2.35. The molecule has 1 saturated heterocycles. The van der Waals surface area contributed by atoms with Crippen LogP contribution in [0.2, 0.25) is 0 Å². The average molecular weight is 254 g/mol. The maximum absolute atomic E-state index is 9.54. The lowest BCUT2D eigenvalue weighted by Crippen LogP contribution is -2.48. The molecule has 1 aliphatic heterocycles. The molecule has 3 nitrogen and oxygen atoms in total. The highest BCUT2D eigenvalue weighted by Gasteiger charge is 2.37. The first kappa shape index (κ1) is 14.3. The van der Waals surface area contributed by atoms with Crippen LogP contribution in [0.5, 0.6) is 0 Å². The largest absolute Gasteiger partial charge is 0.395 e. The van der Waals surface area contributed by atoms with Crippen LogP contribution in [0.1, 0.15) is 40.0 Å². The Kier molecular flexibility index (Phi) is 4.68. The fourth-order valence-corrected chi connectivity index (χ4v) is 4.16. The molecular weight excluding hydrogens is 224 g/mol. The summed E-state index contributed by atoms with van der Waals surface area (Å²) in [5.74, 6) is 2.74. The molecule has 0 aromatic rings. The molecule has 0 radical (unpaired) electrons. The number of hydrogen-bond acceptors (Lipinski definition) is 3. The molecule has 3 N–H and O–H groups in total. The minimum Gasteiger partial charge on any atom is -0.395 e. The van der Waals surface area contributed by atoms with Gasteiger partial charge in [-0.15, -0.1) is 0 Å². The van der Waals surface area contributed by atoms with E-state index >= 15 is 0 Å². The van der Waals surface area contributed by atoms with E-state index in [4.69, 9.17) is 5.73 Å². The zero-order chi connectivity index (χ0) is 13.3. The lowest BCUT2D eigenvalue weighted by atomic mass is 9.72. The molecule has 1 aliphatic carbocycles. The number of hydrogen-bond donors (Lipinski definition) is 2. The smallest absolute Gasteiger partial charge is 0.0589 e. The van der Waals surface area contributed by atoms with Gasteiger partial charge in [-0.2, -0.15) is 0 Å². The maximum atomic E-state index is 9.54. The van der Waals surface area contributed by atoms with Crippen molar-refractivity contribution in [2.24, 2.45) is 29.4 Å². The molecule has 18 heavy (non-hydrogen) atoms. The summed E-state index contributed by atoms with van der Waals surface area (Å²) in [4.78, 5) is 2.49. The molecule has 2 fully saturated rings. The van der Waals surface area contributed by atoms with Crippen LogP contribution in [0.25, 0.3) is 0 Å². The molecule has 3 heteroatoms. The van der Waals surface area contributed by atoms with Gasteiger partial charge in [0.25, 0.3) is 0 Å². The average Bonchev–Trinajstić information content (AvgIpc) is 2.64. The molecule has 6 atom stereocenters. The number of aliphatic hydroxyl groups excluding tert-OH is 1. The van der Waals surface area contributed by atoms with Crippen molar-refractivity contribution in [1.82, 2.24) is 4.90 Å². The minimum atomic E-state index is 0.300. The van der Waals surface area contributed by atoms with E-state index in [0.29, 0.717) is 30.5 Å². The summed E-state index contributed by atoms with van der Waals surface area (Å²) in [5.41, 5.74) is 6.37. The lowest BCUT2D eigenvalue weighted by molar-refractivity contribution is 0.0810. The summed E-state index contributed by atoms with van der Waals surface area (Å²) in [7, 11) is 0. The highest BCUT2D eigenvalue weighted by atomic mass is 16.3. The zero-order valence-electron chi connectivity index (χ0n) is 12.2. The molecule has 6 unspecified atom stereocenters. The summed E-state index contributed by atoms with van der Waals surface area (Å²) in [6, 6.07) is 0.711. The number of rotatable bonds is 3. The van der Waals surface area contributed by atoms with Crippen LogP contribution in [-0.4, -0.2) is 41.8 Å². The van der Waals surface area contributed by atoms with Crippen molar-refractivity contribution in [2.45, 2.75) is 52.1 Å². The van der Waals surface area contributed by atoms with E-state index in [-0.39, 0.29) is 0 Å². The van der Waals surface area contributed by atoms with Crippen LogP contribution >= 0.6 is 0 Å². The Morgan fingerprint density at radius 2 is 1.89 bits per heavy atom. The van der Waals surface area contributed by atoms with Gasteiger partial charge in [-0.05, 0) is 49.5 Å². The van der Waals surface area contributed by atoms with E-state index in [1.807, 2.05) is 0 Å². The molecule has 2 aliphatic rings. The first-order valence-corrected chi connectivity index (χ1v) is 7.63. The van der Waals surface area contributed by atoms with Crippen molar-refractivity contribution in [3.05, 3.63) is 0 Å². The van der Waals surface area contributed by atoms with Crippen LogP contribution in [0, 0.1) is 23.7 Å². The molecular formula is C15H30N2O. The summed E-state index contributed by atoms with van der Waals surface area (Å²) in [5, 5.41) is 9.54. The SMILES string of the molecule is CC1CC(C)C(CN2CCC(C)C2CO)C(N)C1. The first-order chi connectivity index (χ1) is 8.52. The van der Waals surface area contributed by atoms with Gasteiger partial charge in [0.2, 0.25) is 0 Å². The molecule has 1 heterocycles. The quantitative estimate of drug-likeness (QED) is 0.806. The predicted octanol–water partition coefficient (Wildman–Crippen LogP) is 1.70. The number of nitrogens with two attached hydrogens (primary N) is 1. The van der Waals surface area contributed by atoms with Gasteiger partial charge in [0.05, 0.1) is 6.61 Å². The van der Waals surface area contributed by atoms with E-state index in [2.05, 4.69) is 25.7 Å². The Balaban J connectivity index is 1.96. The summed E-state index contributed by atoms with van der Waals surface area (Å²) in [6.45, 7) is 9.46. The molecule has 2 rings (SSSR count).